The quantitative estimate of drug-likeness (QED) is 0.719. The Balaban J connectivity index is 2.43. The van der Waals surface area contributed by atoms with Crippen molar-refractivity contribution in [2.24, 2.45) is 11.8 Å². The largest absolute Gasteiger partial charge is 0.393 e. The molecule has 0 aromatic heterocycles. The summed E-state index contributed by atoms with van der Waals surface area (Å²) < 4.78 is 5.48. The molecule has 0 aromatic rings. The van der Waals surface area contributed by atoms with Crippen molar-refractivity contribution >= 4 is 0 Å². The molecule has 3 heteroatoms. The van der Waals surface area contributed by atoms with Gasteiger partial charge in [-0.25, -0.2) is 0 Å². The summed E-state index contributed by atoms with van der Waals surface area (Å²) in [6, 6.07) is 0. The molecule has 0 spiro atoms. The zero-order valence-corrected chi connectivity index (χ0v) is 9.31. The van der Waals surface area contributed by atoms with Crippen LogP contribution in [-0.2, 0) is 4.74 Å². The highest BCUT2D eigenvalue weighted by Gasteiger charge is 2.33. The van der Waals surface area contributed by atoms with Crippen molar-refractivity contribution in [3.05, 3.63) is 0 Å². The summed E-state index contributed by atoms with van der Waals surface area (Å²) in [6.07, 6.45) is 0.545. The summed E-state index contributed by atoms with van der Waals surface area (Å²) in [5.74, 6) is 0.427. The van der Waals surface area contributed by atoms with E-state index in [4.69, 9.17) is 4.74 Å². The van der Waals surface area contributed by atoms with Crippen LogP contribution in [0.4, 0.5) is 0 Å². The van der Waals surface area contributed by atoms with E-state index in [1.54, 1.807) is 0 Å². The number of hydrogen-bond donors (Lipinski definition) is 2. The van der Waals surface area contributed by atoms with Crippen molar-refractivity contribution in [3.8, 4) is 0 Å². The Hall–Kier alpha value is -0.120. The van der Waals surface area contributed by atoms with Crippen molar-refractivity contribution in [1.82, 2.24) is 0 Å². The third-order valence-corrected chi connectivity index (χ3v) is 3.17. The Morgan fingerprint density at radius 3 is 2.50 bits per heavy atom. The minimum absolute atomic E-state index is 0.0822. The van der Waals surface area contributed by atoms with E-state index in [2.05, 4.69) is 6.92 Å². The Morgan fingerprint density at radius 1 is 1.43 bits per heavy atom. The maximum atomic E-state index is 9.95. The van der Waals surface area contributed by atoms with E-state index in [1.807, 2.05) is 13.8 Å². The van der Waals surface area contributed by atoms with E-state index in [9.17, 15) is 10.2 Å². The lowest BCUT2D eigenvalue weighted by molar-refractivity contribution is -0.0610. The van der Waals surface area contributed by atoms with Crippen LogP contribution in [0.5, 0.6) is 0 Å². The lowest BCUT2D eigenvalue weighted by atomic mass is 9.90. The van der Waals surface area contributed by atoms with Gasteiger partial charge in [-0.05, 0) is 18.8 Å². The molecule has 0 unspecified atom stereocenters. The molecule has 3 nitrogen and oxygen atoms in total. The number of hydrogen-bond acceptors (Lipinski definition) is 3. The molecular weight excluding hydrogens is 180 g/mol. The van der Waals surface area contributed by atoms with Gasteiger partial charge in [0.1, 0.15) is 0 Å². The molecule has 1 rings (SSSR count). The molecule has 14 heavy (non-hydrogen) atoms. The second kappa shape index (κ2) is 5.10. The van der Waals surface area contributed by atoms with Crippen molar-refractivity contribution in [2.75, 3.05) is 6.61 Å². The zero-order chi connectivity index (χ0) is 10.7. The smallest absolute Gasteiger partial charge is 0.0852 e. The van der Waals surface area contributed by atoms with E-state index in [-0.39, 0.29) is 12.0 Å². The maximum Gasteiger partial charge on any atom is 0.0852 e. The topological polar surface area (TPSA) is 49.7 Å². The second-order valence-corrected chi connectivity index (χ2v) is 4.54. The van der Waals surface area contributed by atoms with Crippen molar-refractivity contribution in [3.63, 3.8) is 0 Å². The fourth-order valence-corrected chi connectivity index (χ4v) is 2.00. The molecule has 1 aliphatic heterocycles. The molecule has 0 saturated carbocycles. The van der Waals surface area contributed by atoms with Gasteiger partial charge < -0.3 is 14.9 Å². The SMILES string of the molecule is CC[C@H](O)[C@@H](C)[C@@H](O)[C@@H]1C[C@H](C)CO1. The molecule has 1 heterocycles. The maximum absolute atomic E-state index is 9.95. The lowest BCUT2D eigenvalue weighted by Crippen LogP contribution is -2.37. The van der Waals surface area contributed by atoms with E-state index < -0.39 is 12.2 Å². The Morgan fingerprint density at radius 2 is 2.07 bits per heavy atom. The van der Waals surface area contributed by atoms with Crippen LogP contribution in [0.25, 0.3) is 0 Å². The van der Waals surface area contributed by atoms with Gasteiger partial charge in [-0.15, -0.1) is 0 Å². The van der Waals surface area contributed by atoms with Crippen LogP contribution in [0.3, 0.4) is 0 Å². The highest BCUT2D eigenvalue weighted by molar-refractivity contribution is 4.83. The van der Waals surface area contributed by atoms with Crippen LogP contribution < -0.4 is 0 Å². The van der Waals surface area contributed by atoms with Crippen LogP contribution in [0, 0.1) is 11.8 Å². The molecule has 0 radical (unpaired) electrons. The molecule has 0 bridgehead atoms. The molecular formula is C11H22O3. The van der Waals surface area contributed by atoms with Crippen molar-refractivity contribution in [1.29, 1.82) is 0 Å². The summed E-state index contributed by atoms with van der Waals surface area (Å²) in [4.78, 5) is 0. The van der Waals surface area contributed by atoms with Gasteiger partial charge in [-0.3, -0.25) is 0 Å². The molecule has 2 N–H and O–H groups in total. The van der Waals surface area contributed by atoms with E-state index in [0.29, 0.717) is 12.3 Å². The summed E-state index contributed by atoms with van der Waals surface area (Å²) in [5, 5.41) is 19.6. The van der Waals surface area contributed by atoms with Gasteiger partial charge in [0, 0.05) is 12.5 Å². The molecule has 1 fully saturated rings. The molecule has 84 valence electrons. The summed E-state index contributed by atoms with van der Waals surface area (Å²) in [5.41, 5.74) is 0. The van der Waals surface area contributed by atoms with Crippen molar-refractivity contribution < 1.29 is 14.9 Å². The first kappa shape index (κ1) is 12.0. The van der Waals surface area contributed by atoms with E-state index in [1.165, 1.54) is 0 Å². The van der Waals surface area contributed by atoms with Gasteiger partial charge in [0.25, 0.3) is 0 Å². The zero-order valence-electron chi connectivity index (χ0n) is 9.31. The van der Waals surface area contributed by atoms with Gasteiger partial charge in [0.2, 0.25) is 0 Å². The average Bonchev–Trinajstić information content (AvgIpc) is 2.61. The Kier molecular flexibility index (Phi) is 4.35. The molecule has 5 atom stereocenters. The first-order valence-corrected chi connectivity index (χ1v) is 5.54. The average molecular weight is 202 g/mol. The van der Waals surface area contributed by atoms with Gasteiger partial charge >= 0.3 is 0 Å². The molecule has 0 amide bonds. The number of aliphatic hydroxyl groups excluding tert-OH is 2. The molecule has 1 saturated heterocycles. The van der Waals surface area contributed by atoms with Gasteiger partial charge in [-0.1, -0.05) is 20.8 Å². The third kappa shape index (κ3) is 2.69. The van der Waals surface area contributed by atoms with Gasteiger partial charge in [0.15, 0.2) is 0 Å². The highest BCUT2D eigenvalue weighted by atomic mass is 16.5. The Bertz CT molecular complexity index is 170. The van der Waals surface area contributed by atoms with Crippen LogP contribution in [0.1, 0.15) is 33.6 Å². The monoisotopic (exact) mass is 202 g/mol. The molecule has 0 aliphatic carbocycles. The summed E-state index contributed by atoms with van der Waals surface area (Å²) in [6.45, 7) is 6.65. The first-order chi connectivity index (χ1) is 6.56. The lowest BCUT2D eigenvalue weighted by Gasteiger charge is -2.27. The van der Waals surface area contributed by atoms with Crippen LogP contribution >= 0.6 is 0 Å². The van der Waals surface area contributed by atoms with Crippen LogP contribution in [0.2, 0.25) is 0 Å². The van der Waals surface area contributed by atoms with Gasteiger partial charge in [0.05, 0.1) is 18.3 Å². The number of aliphatic hydroxyl groups is 2. The van der Waals surface area contributed by atoms with Crippen molar-refractivity contribution in [2.45, 2.75) is 51.9 Å². The normalized spacial score (nSPS) is 34.1. The minimum atomic E-state index is -0.533. The second-order valence-electron chi connectivity index (χ2n) is 4.54. The molecule has 0 aromatic carbocycles. The summed E-state index contributed by atoms with van der Waals surface area (Å²) >= 11 is 0. The van der Waals surface area contributed by atoms with Crippen LogP contribution in [-0.4, -0.2) is 35.1 Å². The first-order valence-electron chi connectivity index (χ1n) is 5.54. The minimum Gasteiger partial charge on any atom is -0.393 e. The van der Waals surface area contributed by atoms with Crippen LogP contribution in [0.15, 0.2) is 0 Å². The highest BCUT2D eigenvalue weighted by Crippen LogP contribution is 2.26. The standard InChI is InChI=1S/C11H22O3/c1-4-9(12)8(3)11(13)10-5-7(2)6-14-10/h7-13H,4-6H2,1-3H3/t7-,8+,9-,10-,11+/m0/s1. The molecule has 1 aliphatic rings. The number of ether oxygens (including phenoxy) is 1. The fraction of sp³-hybridized carbons (Fsp3) is 1.00. The fourth-order valence-electron chi connectivity index (χ4n) is 2.00. The summed E-state index contributed by atoms with van der Waals surface area (Å²) in [7, 11) is 0. The predicted molar refractivity (Wildman–Crippen MR) is 55.0 cm³/mol. The third-order valence-electron chi connectivity index (χ3n) is 3.17. The van der Waals surface area contributed by atoms with Gasteiger partial charge in [-0.2, -0.15) is 0 Å². The van der Waals surface area contributed by atoms with E-state index >= 15 is 0 Å². The Labute approximate surface area is 86.1 Å². The predicted octanol–water partition coefficient (Wildman–Crippen LogP) is 1.18. The van der Waals surface area contributed by atoms with E-state index in [0.717, 1.165) is 13.0 Å². The number of rotatable bonds is 4.